The molecule has 0 saturated heterocycles. The van der Waals surface area contributed by atoms with Gasteiger partial charge in [0, 0.05) is 6.66 Å². The Morgan fingerprint density at radius 3 is 2.64 bits per heavy atom. The number of allylic oxidation sites excluding steroid dienone is 1. The first-order chi connectivity index (χ1) is 6.42. The molecule has 0 heterocycles. The molecule has 4 atom stereocenters. The van der Waals surface area contributed by atoms with Gasteiger partial charge in [0.1, 0.15) is 0 Å². The molecule has 1 fully saturated rings. The largest absolute Gasteiger partial charge is 0.313 e. The summed E-state index contributed by atoms with van der Waals surface area (Å²) in [5.74, 6) is 0.448. The van der Waals surface area contributed by atoms with Gasteiger partial charge in [0.05, 0.1) is 11.5 Å². The standard InChI is InChI=1S/C9H15Cl2O2P/c1-3-7-4-5-9(8(10)6-7)13-14(2,11)12/h3,7-9H,1,4-6H2,2H3. The monoisotopic (exact) mass is 256 g/mol. The maximum Gasteiger partial charge on any atom is 0.287 e. The van der Waals surface area contributed by atoms with Crippen LogP contribution in [0.4, 0.5) is 0 Å². The van der Waals surface area contributed by atoms with Gasteiger partial charge in [-0.1, -0.05) is 6.08 Å². The Kier molecular flexibility index (Phi) is 4.52. The van der Waals surface area contributed by atoms with Crippen LogP contribution in [0.15, 0.2) is 12.7 Å². The van der Waals surface area contributed by atoms with Gasteiger partial charge >= 0.3 is 0 Å². The molecule has 1 aliphatic carbocycles. The molecule has 0 radical (unpaired) electrons. The van der Waals surface area contributed by atoms with E-state index in [1.54, 1.807) is 0 Å². The molecule has 0 N–H and O–H groups in total. The molecule has 1 rings (SSSR count). The van der Waals surface area contributed by atoms with E-state index < -0.39 is 6.72 Å². The molecule has 0 bridgehead atoms. The quantitative estimate of drug-likeness (QED) is 0.433. The summed E-state index contributed by atoms with van der Waals surface area (Å²) in [6.45, 7) is 2.20. The second kappa shape index (κ2) is 5.03. The summed E-state index contributed by atoms with van der Waals surface area (Å²) in [4.78, 5) is 0. The van der Waals surface area contributed by atoms with Crippen molar-refractivity contribution in [2.24, 2.45) is 5.92 Å². The summed E-state index contributed by atoms with van der Waals surface area (Å²) in [6, 6.07) is 0. The lowest BCUT2D eigenvalue weighted by molar-refractivity contribution is 0.154. The first-order valence-electron chi connectivity index (χ1n) is 4.64. The van der Waals surface area contributed by atoms with Crippen LogP contribution in [0, 0.1) is 5.92 Å². The van der Waals surface area contributed by atoms with Crippen molar-refractivity contribution in [1.82, 2.24) is 0 Å². The number of alkyl halides is 1. The second-order valence-electron chi connectivity index (χ2n) is 3.72. The van der Waals surface area contributed by atoms with Crippen LogP contribution >= 0.6 is 29.6 Å². The molecule has 1 aliphatic rings. The predicted octanol–water partition coefficient (Wildman–Crippen LogP) is 4.03. The van der Waals surface area contributed by atoms with Crippen molar-refractivity contribution >= 4 is 29.6 Å². The van der Waals surface area contributed by atoms with Crippen LogP contribution in [0.25, 0.3) is 0 Å². The van der Waals surface area contributed by atoms with E-state index in [1.807, 2.05) is 6.08 Å². The van der Waals surface area contributed by atoms with Crippen molar-refractivity contribution in [3.63, 3.8) is 0 Å². The average molecular weight is 257 g/mol. The van der Waals surface area contributed by atoms with Crippen LogP contribution in [0.3, 0.4) is 0 Å². The second-order valence-corrected chi connectivity index (χ2v) is 7.82. The molecule has 5 heteroatoms. The molecule has 2 nitrogen and oxygen atoms in total. The zero-order valence-electron chi connectivity index (χ0n) is 8.16. The van der Waals surface area contributed by atoms with Crippen LogP contribution in [0.1, 0.15) is 19.3 Å². The van der Waals surface area contributed by atoms with E-state index in [-0.39, 0.29) is 11.5 Å². The third-order valence-corrected chi connectivity index (χ3v) is 3.76. The van der Waals surface area contributed by atoms with Crippen molar-refractivity contribution in [2.45, 2.75) is 30.7 Å². The highest BCUT2D eigenvalue weighted by molar-refractivity contribution is 7.84. The Balaban J connectivity index is 2.50. The summed E-state index contributed by atoms with van der Waals surface area (Å²) < 4.78 is 16.5. The SMILES string of the molecule is C=CC1CCC(OP(C)(=O)Cl)C(Cl)C1. The summed E-state index contributed by atoms with van der Waals surface area (Å²) in [6.07, 6.45) is 4.34. The fraction of sp³-hybridized carbons (Fsp3) is 0.778. The van der Waals surface area contributed by atoms with E-state index in [1.165, 1.54) is 6.66 Å². The minimum Gasteiger partial charge on any atom is -0.313 e. The van der Waals surface area contributed by atoms with Crippen molar-refractivity contribution in [1.29, 1.82) is 0 Å². The van der Waals surface area contributed by atoms with Crippen molar-refractivity contribution in [3.05, 3.63) is 12.7 Å². The van der Waals surface area contributed by atoms with Crippen molar-refractivity contribution in [2.75, 3.05) is 6.66 Å². The summed E-state index contributed by atoms with van der Waals surface area (Å²) in [7, 11) is 0. The summed E-state index contributed by atoms with van der Waals surface area (Å²) in [5, 5.41) is -0.112. The van der Waals surface area contributed by atoms with Gasteiger partial charge in [-0.25, -0.2) is 0 Å². The van der Waals surface area contributed by atoms with Crippen LogP contribution < -0.4 is 0 Å². The molecular weight excluding hydrogens is 242 g/mol. The Bertz CT molecular complexity index is 251. The fourth-order valence-corrected chi connectivity index (χ4v) is 3.21. The molecule has 0 aromatic rings. The van der Waals surface area contributed by atoms with Gasteiger partial charge in [0.2, 0.25) is 0 Å². The lowest BCUT2D eigenvalue weighted by atomic mass is 9.87. The number of hydrogen-bond acceptors (Lipinski definition) is 2. The average Bonchev–Trinajstić information content (AvgIpc) is 2.06. The topological polar surface area (TPSA) is 26.3 Å². The zero-order valence-corrected chi connectivity index (χ0v) is 10.6. The zero-order chi connectivity index (χ0) is 10.8. The van der Waals surface area contributed by atoms with Gasteiger partial charge in [-0.2, -0.15) is 0 Å². The minimum absolute atomic E-state index is 0.112. The highest BCUT2D eigenvalue weighted by Gasteiger charge is 2.31. The van der Waals surface area contributed by atoms with Gasteiger partial charge in [-0.05, 0) is 36.4 Å². The van der Waals surface area contributed by atoms with Crippen LogP contribution in [-0.4, -0.2) is 18.1 Å². The van der Waals surface area contributed by atoms with E-state index in [4.69, 9.17) is 27.4 Å². The molecular formula is C9H15Cl2O2P. The van der Waals surface area contributed by atoms with E-state index >= 15 is 0 Å². The lowest BCUT2D eigenvalue weighted by Crippen LogP contribution is -2.30. The van der Waals surface area contributed by atoms with Gasteiger partial charge in [-0.3, -0.25) is 4.57 Å². The minimum atomic E-state index is -2.94. The lowest BCUT2D eigenvalue weighted by Gasteiger charge is -2.31. The van der Waals surface area contributed by atoms with E-state index in [2.05, 4.69) is 6.58 Å². The number of hydrogen-bond donors (Lipinski definition) is 0. The molecule has 14 heavy (non-hydrogen) atoms. The van der Waals surface area contributed by atoms with Crippen LogP contribution in [0.2, 0.25) is 0 Å². The number of halogens is 2. The molecule has 0 aromatic carbocycles. The highest BCUT2D eigenvalue weighted by atomic mass is 35.7. The maximum atomic E-state index is 11.2. The Morgan fingerprint density at radius 1 is 1.57 bits per heavy atom. The summed E-state index contributed by atoms with van der Waals surface area (Å²) >= 11 is 11.7. The third-order valence-electron chi connectivity index (χ3n) is 2.41. The highest BCUT2D eigenvalue weighted by Crippen LogP contribution is 2.51. The van der Waals surface area contributed by atoms with Crippen LogP contribution in [0.5, 0.6) is 0 Å². The van der Waals surface area contributed by atoms with Gasteiger partial charge in [-0.15, -0.1) is 18.2 Å². The Morgan fingerprint density at radius 2 is 2.21 bits per heavy atom. The molecule has 0 amide bonds. The molecule has 0 aliphatic heterocycles. The molecule has 0 aromatic heterocycles. The molecule has 4 unspecified atom stereocenters. The van der Waals surface area contributed by atoms with E-state index in [9.17, 15) is 4.57 Å². The Labute approximate surface area is 94.9 Å². The van der Waals surface area contributed by atoms with Crippen molar-refractivity contribution < 1.29 is 9.09 Å². The smallest absolute Gasteiger partial charge is 0.287 e. The van der Waals surface area contributed by atoms with Gasteiger partial charge in [0.15, 0.2) is 0 Å². The predicted molar refractivity (Wildman–Crippen MR) is 61.4 cm³/mol. The Hall–Kier alpha value is 0.510. The first kappa shape index (κ1) is 12.6. The normalized spacial score (nSPS) is 37.5. The fourth-order valence-electron chi connectivity index (χ4n) is 1.69. The first-order valence-corrected chi connectivity index (χ1v) is 8.06. The van der Waals surface area contributed by atoms with Gasteiger partial charge < -0.3 is 4.52 Å². The molecule has 0 spiro atoms. The maximum absolute atomic E-state index is 11.2. The van der Waals surface area contributed by atoms with E-state index in [0.717, 1.165) is 19.3 Å². The number of rotatable bonds is 3. The summed E-state index contributed by atoms with van der Waals surface area (Å²) in [5.41, 5.74) is 0. The third kappa shape index (κ3) is 3.94. The van der Waals surface area contributed by atoms with E-state index in [0.29, 0.717) is 5.92 Å². The van der Waals surface area contributed by atoms with Gasteiger partial charge in [0.25, 0.3) is 6.72 Å². The van der Waals surface area contributed by atoms with Crippen LogP contribution in [-0.2, 0) is 9.09 Å². The molecule has 1 saturated carbocycles. The molecule has 82 valence electrons. The van der Waals surface area contributed by atoms with Crippen molar-refractivity contribution in [3.8, 4) is 0 Å².